The summed E-state index contributed by atoms with van der Waals surface area (Å²) < 4.78 is 0. The van der Waals surface area contributed by atoms with Crippen molar-refractivity contribution in [3.63, 3.8) is 0 Å². The van der Waals surface area contributed by atoms with Crippen LogP contribution in [0, 0.1) is 5.92 Å². The van der Waals surface area contributed by atoms with Gasteiger partial charge in [-0.05, 0) is 42.9 Å². The first-order valence-corrected chi connectivity index (χ1v) is 10.9. The van der Waals surface area contributed by atoms with Gasteiger partial charge in [-0.25, -0.2) is 9.97 Å². The zero-order valence-electron chi connectivity index (χ0n) is 15.5. The summed E-state index contributed by atoms with van der Waals surface area (Å²) in [4.78, 5) is 16.8. The molecule has 0 bridgehead atoms. The highest BCUT2D eigenvalue weighted by Crippen LogP contribution is 2.40. The summed E-state index contributed by atoms with van der Waals surface area (Å²) in [7, 11) is 0. The third-order valence-electron chi connectivity index (χ3n) is 5.84. The number of fused-ring (bicyclic) bond motifs is 3. The first-order valence-electron chi connectivity index (χ1n) is 9.70. The Kier molecular flexibility index (Phi) is 4.44. The highest BCUT2D eigenvalue weighted by molar-refractivity contribution is 7.19. The van der Waals surface area contributed by atoms with Crippen molar-refractivity contribution in [2.75, 3.05) is 36.0 Å². The highest BCUT2D eigenvalue weighted by Gasteiger charge is 2.26. The number of thiophene rings is 1. The van der Waals surface area contributed by atoms with E-state index < -0.39 is 0 Å². The van der Waals surface area contributed by atoms with Crippen LogP contribution in [0.15, 0.2) is 30.6 Å². The van der Waals surface area contributed by atoms with Gasteiger partial charge in [0.1, 0.15) is 17.0 Å². The van der Waals surface area contributed by atoms with Crippen molar-refractivity contribution in [1.82, 2.24) is 9.97 Å². The minimum absolute atomic E-state index is 0.779. The van der Waals surface area contributed by atoms with Crippen LogP contribution in [0.5, 0.6) is 0 Å². The number of nitrogens with zero attached hydrogens (tertiary/aromatic N) is 4. The molecule has 0 N–H and O–H groups in total. The van der Waals surface area contributed by atoms with Gasteiger partial charge in [-0.2, -0.15) is 0 Å². The highest BCUT2D eigenvalue weighted by atomic mass is 35.5. The van der Waals surface area contributed by atoms with E-state index in [2.05, 4.69) is 33.8 Å². The van der Waals surface area contributed by atoms with Crippen LogP contribution in [0.3, 0.4) is 0 Å². The minimum atomic E-state index is 0.779. The van der Waals surface area contributed by atoms with Crippen molar-refractivity contribution in [3.8, 4) is 0 Å². The lowest BCUT2D eigenvalue weighted by atomic mass is 9.89. The Balaban J connectivity index is 1.43. The largest absolute Gasteiger partial charge is 0.367 e. The van der Waals surface area contributed by atoms with Crippen LogP contribution >= 0.6 is 22.9 Å². The molecule has 0 amide bonds. The molecule has 0 spiro atoms. The second kappa shape index (κ2) is 6.95. The van der Waals surface area contributed by atoms with Crippen molar-refractivity contribution in [3.05, 3.63) is 46.1 Å². The summed E-state index contributed by atoms with van der Waals surface area (Å²) >= 11 is 8.27. The van der Waals surface area contributed by atoms with E-state index in [4.69, 9.17) is 16.6 Å². The molecule has 4 nitrogen and oxygen atoms in total. The van der Waals surface area contributed by atoms with Gasteiger partial charge in [0.05, 0.1) is 16.1 Å². The standard InChI is InChI=1S/C21H23ClN4S/c1-14-6-7-15-18(12-14)27-21-19(15)20(23-13-24-21)26-10-8-25(9-11-26)17-5-3-2-4-16(17)22/h2-5,13-14H,6-12H2,1H3/t14-/m0/s1. The van der Waals surface area contributed by atoms with E-state index in [1.165, 1.54) is 28.7 Å². The molecule has 1 atom stereocenters. The lowest BCUT2D eigenvalue weighted by molar-refractivity contribution is 0.509. The van der Waals surface area contributed by atoms with Gasteiger partial charge in [0.2, 0.25) is 0 Å². The Labute approximate surface area is 168 Å². The lowest BCUT2D eigenvalue weighted by Gasteiger charge is -2.37. The van der Waals surface area contributed by atoms with E-state index in [1.54, 1.807) is 6.33 Å². The van der Waals surface area contributed by atoms with E-state index in [9.17, 15) is 0 Å². The Hall–Kier alpha value is -1.85. The fourth-order valence-electron chi connectivity index (χ4n) is 4.37. The SMILES string of the molecule is C[C@H]1CCc2c(sc3ncnc(N4CCN(c5ccccc5Cl)CC4)c23)C1. The van der Waals surface area contributed by atoms with Crippen LogP contribution in [-0.4, -0.2) is 36.1 Å². The molecule has 1 fully saturated rings. The molecule has 0 radical (unpaired) electrons. The van der Waals surface area contributed by atoms with E-state index >= 15 is 0 Å². The zero-order valence-corrected chi connectivity index (χ0v) is 17.1. The maximum Gasteiger partial charge on any atom is 0.141 e. The normalized spacial score (nSPS) is 20.1. The van der Waals surface area contributed by atoms with Crippen molar-refractivity contribution >= 4 is 44.7 Å². The second-order valence-corrected chi connectivity index (χ2v) is 9.15. The number of hydrogen-bond acceptors (Lipinski definition) is 5. The Bertz CT molecular complexity index is 977. The molecule has 140 valence electrons. The number of anilines is 2. The second-order valence-electron chi connectivity index (χ2n) is 7.65. The molecule has 3 heterocycles. The van der Waals surface area contributed by atoms with Crippen LogP contribution < -0.4 is 9.80 Å². The predicted molar refractivity (Wildman–Crippen MR) is 114 cm³/mol. The molecular formula is C21H23ClN4S. The van der Waals surface area contributed by atoms with Gasteiger partial charge >= 0.3 is 0 Å². The molecule has 2 aliphatic rings. The molecule has 1 aromatic carbocycles. The number of piperazine rings is 1. The number of benzene rings is 1. The Morgan fingerprint density at radius 1 is 1.07 bits per heavy atom. The van der Waals surface area contributed by atoms with Crippen LogP contribution in [-0.2, 0) is 12.8 Å². The molecule has 6 heteroatoms. The van der Waals surface area contributed by atoms with Gasteiger partial charge in [0.25, 0.3) is 0 Å². The molecular weight excluding hydrogens is 376 g/mol. The van der Waals surface area contributed by atoms with Gasteiger partial charge in [-0.1, -0.05) is 30.7 Å². The molecule has 1 aliphatic carbocycles. The predicted octanol–water partition coefficient (Wildman–Crippen LogP) is 4.80. The average molecular weight is 399 g/mol. The summed E-state index contributed by atoms with van der Waals surface area (Å²) in [5.41, 5.74) is 2.64. The fraction of sp³-hybridized carbons (Fsp3) is 0.429. The monoisotopic (exact) mass is 398 g/mol. The minimum Gasteiger partial charge on any atom is -0.367 e. The van der Waals surface area contributed by atoms with Crippen molar-refractivity contribution in [2.45, 2.75) is 26.2 Å². The first-order chi connectivity index (χ1) is 13.2. The Morgan fingerprint density at radius 3 is 2.67 bits per heavy atom. The van der Waals surface area contributed by atoms with Crippen molar-refractivity contribution in [2.24, 2.45) is 5.92 Å². The van der Waals surface area contributed by atoms with Crippen LogP contribution in [0.25, 0.3) is 10.2 Å². The summed E-state index contributed by atoms with van der Waals surface area (Å²) in [6.45, 7) is 6.18. The summed E-state index contributed by atoms with van der Waals surface area (Å²) in [5.74, 6) is 1.91. The quantitative estimate of drug-likeness (QED) is 0.620. The van der Waals surface area contributed by atoms with Gasteiger partial charge in [-0.15, -0.1) is 11.3 Å². The molecule has 0 unspecified atom stereocenters. The molecule has 27 heavy (non-hydrogen) atoms. The number of hydrogen-bond donors (Lipinski definition) is 0. The molecule has 3 aromatic rings. The topological polar surface area (TPSA) is 32.3 Å². The molecule has 1 saturated heterocycles. The lowest BCUT2D eigenvalue weighted by Crippen LogP contribution is -2.47. The maximum atomic E-state index is 6.39. The van der Waals surface area contributed by atoms with Gasteiger partial charge in [0.15, 0.2) is 0 Å². The maximum absolute atomic E-state index is 6.39. The van der Waals surface area contributed by atoms with Crippen LogP contribution in [0.1, 0.15) is 23.8 Å². The molecule has 5 rings (SSSR count). The zero-order chi connectivity index (χ0) is 18.4. The van der Waals surface area contributed by atoms with Gasteiger partial charge in [0, 0.05) is 31.1 Å². The average Bonchev–Trinajstić information content (AvgIpc) is 3.06. The Morgan fingerprint density at radius 2 is 1.85 bits per heavy atom. The van der Waals surface area contributed by atoms with Gasteiger partial charge in [-0.3, -0.25) is 0 Å². The molecule has 0 saturated carbocycles. The van der Waals surface area contributed by atoms with E-state index in [-0.39, 0.29) is 0 Å². The fourth-order valence-corrected chi connectivity index (χ4v) is 5.97. The molecule has 1 aliphatic heterocycles. The third kappa shape index (κ3) is 3.07. The van der Waals surface area contributed by atoms with E-state index in [0.717, 1.165) is 59.9 Å². The number of rotatable bonds is 2. The third-order valence-corrected chi connectivity index (χ3v) is 7.33. The smallest absolute Gasteiger partial charge is 0.141 e. The molecule has 2 aromatic heterocycles. The van der Waals surface area contributed by atoms with E-state index in [1.807, 2.05) is 23.5 Å². The van der Waals surface area contributed by atoms with E-state index in [0.29, 0.717) is 0 Å². The summed E-state index contributed by atoms with van der Waals surface area (Å²) in [6.07, 6.45) is 5.36. The van der Waals surface area contributed by atoms with Crippen molar-refractivity contribution < 1.29 is 0 Å². The number of aryl methyl sites for hydroxylation is 1. The number of para-hydroxylation sites is 1. The summed E-state index contributed by atoms with van der Waals surface area (Å²) in [6, 6.07) is 8.12. The number of halogens is 1. The van der Waals surface area contributed by atoms with Crippen molar-refractivity contribution in [1.29, 1.82) is 0 Å². The number of aromatic nitrogens is 2. The van der Waals surface area contributed by atoms with Crippen LogP contribution in [0.4, 0.5) is 11.5 Å². The first kappa shape index (κ1) is 17.3. The summed E-state index contributed by atoms with van der Waals surface area (Å²) in [5, 5.41) is 2.15. The van der Waals surface area contributed by atoms with Crippen LogP contribution in [0.2, 0.25) is 5.02 Å². The van der Waals surface area contributed by atoms with Gasteiger partial charge < -0.3 is 9.80 Å².